The molecule has 0 fully saturated rings. The van der Waals surface area contributed by atoms with Gasteiger partial charge in [0.2, 0.25) is 5.91 Å². The third kappa shape index (κ3) is 4.07. The highest BCUT2D eigenvalue weighted by atomic mass is 16.2. The Balaban J connectivity index is 3.12. The maximum atomic E-state index is 13.0. The third-order valence-electron chi connectivity index (χ3n) is 4.20. The zero-order valence-electron chi connectivity index (χ0n) is 14.2. The molecule has 0 heterocycles. The number of rotatable bonds is 7. The van der Waals surface area contributed by atoms with Gasteiger partial charge in [0.15, 0.2) is 0 Å². The summed E-state index contributed by atoms with van der Waals surface area (Å²) in [6.07, 6.45) is 3.66. The fraction of sp³-hybridized carbons (Fsp3) is 0.611. The number of carbonyl (C=O) groups is 1. The monoisotopic (exact) mass is 290 g/mol. The van der Waals surface area contributed by atoms with Crippen molar-refractivity contribution in [2.24, 2.45) is 11.1 Å². The molecule has 0 aliphatic rings. The number of hydrogen-bond donors (Lipinski definition) is 1. The van der Waals surface area contributed by atoms with E-state index in [1.807, 2.05) is 7.05 Å². The van der Waals surface area contributed by atoms with E-state index in [0.29, 0.717) is 6.54 Å². The lowest BCUT2D eigenvalue weighted by molar-refractivity contribution is -0.128. The second kappa shape index (κ2) is 7.60. The van der Waals surface area contributed by atoms with Gasteiger partial charge in [-0.1, -0.05) is 32.8 Å². The summed E-state index contributed by atoms with van der Waals surface area (Å²) in [6.45, 7) is 8.77. The molecule has 0 saturated carbocycles. The highest BCUT2D eigenvalue weighted by Crippen LogP contribution is 2.33. The SMILES string of the molecule is CCCC(CN)(CCC)C(=O)N(C)c1cc(C)cc(C)c1. The van der Waals surface area contributed by atoms with E-state index in [4.69, 9.17) is 5.73 Å². The maximum Gasteiger partial charge on any atom is 0.234 e. The molecule has 21 heavy (non-hydrogen) atoms. The Morgan fingerprint density at radius 1 is 1.10 bits per heavy atom. The summed E-state index contributed by atoms with van der Waals surface area (Å²) in [5, 5.41) is 0. The number of nitrogens with zero attached hydrogens (tertiary/aromatic N) is 1. The lowest BCUT2D eigenvalue weighted by Gasteiger charge is -2.35. The molecule has 0 aromatic heterocycles. The predicted molar refractivity (Wildman–Crippen MR) is 90.6 cm³/mol. The molecule has 3 nitrogen and oxygen atoms in total. The predicted octanol–water partition coefficient (Wildman–Crippen LogP) is 3.81. The molecule has 0 aliphatic carbocycles. The first-order valence-corrected chi connectivity index (χ1v) is 7.96. The van der Waals surface area contributed by atoms with Crippen LogP contribution in [0.1, 0.15) is 50.7 Å². The second-order valence-electron chi connectivity index (χ2n) is 6.19. The lowest BCUT2D eigenvalue weighted by atomic mass is 9.78. The Kier molecular flexibility index (Phi) is 6.41. The van der Waals surface area contributed by atoms with E-state index in [-0.39, 0.29) is 5.91 Å². The van der Waals surface area contributed by atoms with Crippen LogP contribution >= 0.6 is 0 Å². The van der Waals surface area contributed by atoms with E-state index in [0.717, 1.165) is 31.4 Å². The van der Waals surface area contributed by atoms with Gasteiger partial charge in [0.05, 0.1) is 5.41 Å². The minimum Gasteiger partial charge on any atom is -0.329 e. The van der Waals surface area contributed by atoms with Crippen LogP contribution in [-0.2, 0) is 4.79 Å². The Hall–Kier alpha value is -1.35. The highest BCUT2D eigenvalue weighted by Gasteiger charge is 2.37. The molecule has 0 bridgehead atoms. The second-order valence-corrected chi connectivity index (χ2v) is 6.19. The smallest absolute Gasteiger partial charge is 0.234 e. The first kappa shape index (κ1) is 17.7. The first-order chi connectivity index (χ1) is 9.90. The van der Waals surface area contributed by atoms with E-state index >= 15 is 0 Å². The van der Waals surface area contributed by atoms with Crippen LogP contribution in [-0.4, -0.2) is 19.5 Å². The molecule has 0 atom stereocenters. The number of hydrogen-bond acceptors (Lipinski definition) is 2. The zero-order chi connectivity index (χ0) is 16.0. The van der Waals surface area contributed by atoms with Crippen molar-refractivity contribution in [3.63, 3.8) is 0 Å². The Morgan fingerprint density at radius 2 is 1.57 bits per heavy atom. The van der Waals surface area contributed by atoms with Crippen LogP contribution < -0.4 is 10.6 Å². The molecular weight excluding hydrogens is 260 g/mol. The standard InChI is InChI=1S/C18H30N2O/c1-6-8-18(13-19,9-7-2)17(21)20(5)16-11-14(3)10-15(4)12-16/h10-12H,6-9,13,19H2,1-5H3. The van der Waals surface area contributed by atoms with Crippen molar-refractivity contribution in [3.8, 4) is 0 Å². The molecule has 0 unspecified atom stereocenters. The highest BCUT2D eigenvalue weighted by molar-refractivity contribution is 5.97. The number of nitrogens with two attached hydrogens (primary N) is 1. The quantitative estimate of drug-likeness (QED) is 0.830. The van der Waals surface area contributed by atoms with Gasteiger partial charge in [-0.2, -0.15) is 0 Å². The van der Waals surface area contributed by atoms with Crippen LogP contribution in [0.2, 0.25) is 0 Å². The van der Waals surface area contributed by atoms with E-state index < -0.39 is 5.41 Å². The molecule has 0 radical (unpaired) electrons. The summed E-state index contributed by atoms with van der Waals surface area (Å²) in [4.78, 5) is 14.8. The van der Waals surface area contributed by atoms with Crippen LogP contribution in [0.15, 0.2) is 18.2 Å². The van der Waals surface area contributed by atoms with Crippen LogP contribution in [0, 0.1) is 19.3 Å². The average molecular weight is 290 g/mol. The Labute approximate surface area is 129 Å². The molecular formula is C18H30N2O. The fourth-order valence-corrected chi connectivity index (χ4v) is 3.20. The van der Waals surface area contributed by atoms with Crippen molar-refractivity contribution in [2.45, 2.75) is 53.4 Å². The van der Waals surface area contributed by atoms with E-state index in [1.54, 1.807) is 4.90 Å². The van der Waals surface area contributed by atoms with E-state index in [1.165, 1.54) is 11.1 Å². The number of carbonyl (C=O) groups excluding carboxylic acids is 1. The van der Waals surface area contributed by atoms with Gasteiger partial charge in [-0.3, -0.25) is 4.79 Å². The Morgan fingerprint density at radius 3 is 1.95 bits per heavy atom. The van der Waals surface area contributed by atoms with Gasteiger partial charge < -0.3 is 10.6 Å². The zero-order valence-corrected chi connectivity index (χ0v) is 14.2. The van der Waals surface area contributed by atoms with Crippen LogP contribution in [0.4, 0.5) is 5.69 Å². The maximum absolute atomic E-state index is 13.0. The van der Waals surface area contributed by atoms with Gasteiger partial charge in [0.1, 0.15) is 0 Å². The van der Waals surface area contributed by atoms with Gasteiger partial charge in [0, 0.05) is 19.3 Å². The van der Waals surface area contributed by atoms with Gasteiger partial charge in [-0.25, -0.2) is 0 Å². The molecule has 1 aromatic carbocycles. The topological polar surface area (TPSA) is 46.3 Å². The lowest BCUT2D eigenvalue weighted by Crippen LogP contribution is -2.47. The molecule has 0 spiro atoms. The van der Waals surface area contributed by atoms with Gasteiger partial charge in [-0.15, -0.1) is 0 Å². The average Bonchev–Trinajstić information content (AvgIpc) is 2.44. The number of anilines is 1. The summed E-state index contributed by atoms with van der Waals surface area (Å²) in [5.41, 5.74) is 8.90. The van der Waals surface area contributed by atoms with E-state index in [9.17, 15) is 4.79 Å². The molecule has 3 heteroatoms. The summed E-state index contributed by atoms with van der Waals surface area (Å²) >= 11 is 0. The number of aryl methyl sites for hydroxylation is 2. The molecule has 0 aliphatic heterocycles. The van der Waals surface area contributed by atoms with E-state index in [2.05, 4.69) is 45.9 Å². The van der Waals surface area contributed by atoms with Gasteiger partial charge >= 0.3 is 0 Å². The van der Waals surface area contributed by atoms with Crippen LogP contribution in [0.25, 0.3) is 0 Å². The fourth-order valence-electron chi connectivity index (χ4n) is 3.20. The molecule has 1 rings (SSSR count). The van der Waals surface area contributed by atoms with Crippen molar-refractivity contribution in [1.82, 2.24) is 0 Å². The summed E-state index contributed by atoms with van der Waals surface area (Å²) in [6, 6.07) is 6.24. The minimum absolute atomic E-state index is 0.152. The number of benzene rings is 1. The van der Waals surface area contributed by atoms with Crippen molar-refractivity contribution in [3.05, 3.63) is 29.3 Å². The summed E-state index contributed by atoms with van der Waals surface area (Å²) in [7, 11) is 1.87. The van der Waals surface area contributed by atoms with Crippen molar-refractivity contribution < 1.29 is 4.79 Å². The summed E-state index contributed by atoms with van der Waals surface area (Å²) < 4.78 is 0. The molecule has 0 saturated heterocycles. The molecule has 1 aromatic rings. The van der Waals surface area contributed by atoms with Crippen molar-refractivity contribution in [2.75, 3.05) is 18.5 Å². The minimum atomic E-state index is -0.421. The largest absolute Gasteiger partial charge is 0.329 e. The van der Waals surface area contributed by atoms with Crippen LogP contribution in [0.3, 0.4) is 0 Å². The van der Waals surface area contributed by atoms with Crippen molar-refractivity contribution >= 4 is 11.6 Å². The van der Waals surface area contributed by atoms with Crippen molar-refractivity contribution in [1.29, 1.82) is 0 Å². The molecule has 1 amide bonds. The molecule has 2 N–H and O–H groups in total. The number of amides is 1. The Bertz CT molecular complexity index is 456. The first-order valence-electron chi connectivity index (χ1n) is 7.96. The van der Waals surface area contributed by atoms with Gasteiger partial charge in [0.25, 0.3) is 0 Å². The normalized spacial score (nSPS) is 11.5. The van der Waals surface area contributed by atoms with Gasteiger partial charge in [-0.05, 0) is 49.9 Å². The van der Waals surface area contributed by atoms with Crippen LogP contribution in [0.5, 0.6) is 0 Å². The molecule has 118 valence electrons. The summed E-state index contributed by atoms with van der Waals surface area (Å²) in [5.74, 6) is 0.152. The third-order valence-corrected chi connectivity index (χ3v) is 4.20.